The van der Waals surface area contributed by atoms with Crippen LogP contribution in [0.2, 0.25) is 10.1 Å². The van der Waals surface area contributed by atoms with Crippen molar-refractivity contribution >= 4 is 70.6 Å². The Kier molecular flexibility index (Phi) is 23.7. The number of carbonyl (C=O) groups excluding carboxylic acids is 3. The number of rotatable bonds is 15. The fourth-order valence-corrected chi connectivity index (χ4v) is 30.3. The zero-order chi connectivity index (χ0) is 77.6. The number of esters is 2. The summed E-state index contributed by atoms with van der Waals surface area (Å²) < 4.78 is 113. The lowest BCUT2D eigenvalue weighted by Gasteiger charge is -2.53. The van der Waals surface area contributed by atoms with Gasteiger partial charge in [-0.25, -0.2) is 13.2 Å². The van der Waals surface area contributed by atoms with Crippen molar-refractivity contribution in [3.05, 3.63) is 216 Å². The van der Waals surface area contributed by atoms with Crippen molar-refractivity contribution in [2.45, 2.75) is 276 Å². The number of carbonyl (C=O) groups is 3. The molecule has 8 bridgehead atoms. The minimum atomic E-state index is -4.43. The molecule has 0 aliphatic carbocycles. The van der Waals surface area contributed by atoms with Crippen molar-refractivity contribution in [1.82, 2.24) is 0 Å². The zero-order valence-corrected chi connectivity index (χ0v) is 67.5. The summed E-state index contributed by atoms with van der Waals surface area (Å²) in [7, 11) is -11.7. The van der Waals surface area contributed by atoms with Crippen LogP contribution in [0, 0.1) is 22.0 Å². The van der Waals surface area contributed by atoms with Gasteiger partial charge in [-0.05, 0) is 124 Å². The molecule has 19 nitrogen and oxygen atoms in total. The van der Waals surface area contributed by atoms with Crippen molar-refractivity contribution in [1.29, 1.82) is 0 Å². The second kappa shape index (κ2) is 32.7. The van der Waals surface area contributed by atoms with Gasteiger partial charge in [0.2, 0.25) is 0 Å². The quantitative estimate of drug-likeness (QED) is 0.0306. The number of fused-ring (bicyclic) bond motifs is 8. The van der Waals surface area contributed by atoms with Gasteiger partial charge >= 0.3 is 11.9 Å². The normalized spacial score (nSPS) is 32.7. The molecule has 22 heteroatoms. The van der Waals surface area contributed by atoms with E-state index in [9.17, 15) is 14.9 Å². The first kappa shape index (κ1) is 79.5. The lowest BCUT2D eigenvalue weighted by molar-refractivity contribution is -0.384. The molecule has 8 heterocycles. The molecule has 21 atom stereocenters. The molecular formula is C88H107NO18SSi2. The highest BCUT2D eigenvalue weighted by atomic mass is 32.2. The first-order valence-corrected chi connectivity index (χ1v) is 45.0. The van der Waals surface area contributed by atoms with E-state index in [1.807, 2.05) is 86.6 Å². The Hall–Kier alpha value is -7.17. The van der Waals surface area contributed by atoms with Gasteiger partial charge in [-0.1, -0.05) is 221 Å². The number of Topliss-reactive ketones (excluding diaryl/α,β-unsaturated/α-hetero) is 1. The summed E-state index contributed by atoms with van der Waals surface area (Å²) in [5.74, 6) is -2.17. The summed E-state index contributed by atoms with van der Waals surface area (Å²) >= 11 is 0. The largest absolute Gasteiger partial charge is 0.459 e. The SMILES string of the molecule is C=C1CC2CC(S(=O)(=O)c3ccccc3)C(=O)C[C@H]3O[C@H]4[C@@H](O[Si](c5ccccc5)(c5ccccc5)C(C)(C)C)[C@H]5O[C@H](CC[C@@H]5O[C@H]4[C@H]3O[Si](c3ccccc3)(c3ccccc3)C(C)(C)C)CC(=O)OC3C(C[C@H]4OC(CC[C@@H]1O2)C[C@@H](C)C4=C)O[C@H]1C[C@@H](OC(=O)c2ccc([N+](=O)[O-])cc2)[C@@H](CCC)O[C@H]1[C@@H]3C. The minimum Gasteiger partial charge on any atom is -0.459 e. The number of nitrogens with zero attached hydrogens (tertiary/aromatic N) is 1. The number of nitro groups is 1. The van der Waals surface area contributed by atoms with E-state index in [1.54, 1.807) is 30.3 Å². The van der Waals surface area contributed by atoms with Crippen LogP contribution in [-0.4, -0.2) is 163 Å². The van der Waals surface area contributed by atoms with Crippen LogP contribution >= 0.6 is 0 Å². The van der Waals surface area contributed by atoms with E-state index in [4.69, 9.17) is 51.5 Å². The highest BCUT2D eigenvalue weighted by molar-refractivity contribution is 7.92. The lowest BCUT2D eigenvalue weighted by Crippen LogP contribution is -2.73. The van der Waals surface area contributed by atoms with Gasteiger partial charge in [-0.2, -0.15) is 0 Å². The fraction of sp³-hybridized carbons (Fsp3) is 0.511. The second-order valence-corrected chi connectivity index (χ2v) is 44.5. The number of sulfone groups is 1. The molecule has 0 aromatic heterocycles. The molecule has 6 aromatic carbocycles. The van der Waals surface area contributed by atoms with Gasteiger partial charge in [0.15, 0.2) is 15.6 Å². The first-order chi connectivity index (χ1) is 52.6. The molecule has 586 valence electrons. The molecule has 0 spiro atoms. The number of nitro benzene ring substituents is 1. The Balaban J connectivity index is 0.882. The standard InChI is InChI=1S/C88H107NO18SSi2/c1-12-28-70-73(104-86(92)58-39-41-59(42-40-58)89(93)94)53-76-79(101-70)57(5)80-75(100-76)52-72-56(4)54(2)47-60(97-72)43-45-69-55(3)48-62(98-69)49-77(108(95,96)63-29-18-13-19-30-63)68(90)51-74-82(106-109(87(6,7)8,64-31-20-14-21-32-64)65-33-22-15-23-34-65)83-84(103-74)85(81-71(102-83)46-44-61(99-81)50-78(91)105-80)107-110(88(9,10)11,66-35-24-16-25-36-66)67-37-26-17-27-38-67/h13-27,29-42,54,57,60-62,69-77,79-85H,3-4,12,28,43-53H2,1-2,5-11H3/t54-,57+,60?,61-,62?,69+,70-,71+,72-,73-,74-,75?,76+,77?,79+,80?,81+,82+,83+,84-,85+/m1/s1. The number of benzene rings is 6. The van der Waals surface area contributed by atoms with Gasteiger partial charge in [0.1, 0.15) is 48.0 Å². The van der Waals surface area contributed by atoms with Crippen molar-refractivity contribution in [2.24, 2.45) is 11.8 Å². The maximum atomic E-state index is 16.4. The number of ketones is 1. The number of non-ortho nitro benzene ring substituents is 1. The predicted octanol–water partition coefficient (Wildman–Crippen LogP) is 13.2. The maximum Gasteiger partial charge on any atom is 0.338 e. The Bertz CT molecular complexity index is 4280. The maximum absolute atomic E-state index is 16.4. The molecule has 8 aliphatic rings. The van der Waals surface area contributed by atoms with E-state index in [2.05, 4.69) is 110 Å². The third kappa shape index (κ3) is 15.8. The number of hydrogen-bond acceptors (Lipinski definition) is 18. The molecule has 8 saturated heterocycles. The second-order valence-electron chi connectivity index (χ2n) is 33.8. The van der Waals surface area contributed by atoms with E-state index in [0.29, 0.717) is 51.4 Å². The average Bonchev–Trinajstić information content (AvgIpc) is 1.41. The summed E-state index contributed by atoms with van der Waals surface area (Å²) in [5, 5.41) is 12.8. The highest BCUT2D eigenvalue weighted by Crippen LogP contribution is 2.50. The molecule has 0 saturated carbocycles. The molecule has 6 aromatic rings. The van der Waals surface area contributed by atoms with E-state index in [1.165, 1.54) is 24.3 Å². The summed E-state index contributed by atoms with van der Waals surface area (Å²) in [4.78, 5) is 56.9. The summed E-state index contributed by atoms with van der Waals surface area (Å²) in [5.41, 5.74) is 1.66. The summed E-state index contributed by atoms with van der Waals surface area (Å²) in [6, 6.07) is 54.7. The Morgan fingerprint density at radius 3 is 1.63 bits per heavy atom. The summed E-state index contributed by atoms with van der Waals surface area (Å²) in [6.07, 6.45) is -9.69. The Labute approximate surface area is 649 Å². The number of hydrogen-bond donors (Lipinski definition) is 0. The molecule has 110 heavy (non-hydrogen) atoms. The molecule has 8 aliphatic heterocycles. The fourth-order valence-electron chi connectivity index (χ4n) is 19.1. The Morgan fingerprint density at radius 1 is 0.536 bits per heavy atom. The predicted molar refractivity (Wildman–Crippen MR) is 423 cm³/mol. The monoisotopic (exact) mass is 1550 g/mol. The molecular weight excluding hydrogens is 1450 g/mol. The van der Waals surface area contributed by atoms with Gasteiger partial charge < -0.3 is 51.5 Å². The molecule has 14 rings (SSSR count). The highest BCUT2D eigenvalue weighted by Gasteiger charge is 2.66. The third-order valence-corrected chi connectivity index (χ3v) is 36.8. The molecule has 8 fully saturated rings. The van der Waals surface area contributed by atoms with Gasteiger partial charge in [0, 0.05) is 37.3 Å². The third-order valence-electron chi connectivity index (χ3n) is 24.6. The van der Waals surface area contributed by atoms with Gasteiger partial charge in [-0.15, -0.1) is 0 Å². The van der Waals surface area contributed by atoms with Crippen LogP contribution in [0.5, 0.6) is 0 Å². The van der Waals surface area contributed by atoms with Gasteiger partial charge in [-0.3, -0.25) is 19.7 Å². The van der Waals surface area contributed by atoms with Crippen LogP contribution in [0.15, 0.2) is 205 Å². The van der Waals surface area contributed by atoms with Crippen molar-refractivity contribution in [2.75, 3.05) is 0 Å². The molecule has 0 amide bonds. The molecule has 0 N–H and O–H groups in total. The van der Waals surface area contributed by atoms with E-state index in [-0.39, 0.29) is 60.3 Å². The van der Waals surface area contributed by atoms with E-state index in [0.717, 1.165) is 31.9 Å². The lowest BCUT2D eigenvalue weighted by atomic mass is 9.79. The minimum absolute atomic E-state index is 0.00600. The van der Waals surface area contributed by atoms with Crippen LogP contribution in [0.3, 0.4) is 0 Å². The van der Waals surface area contributed by atoms with Crippen molar-refractivity contribution in [3.63, 3.8) is 0 Å². The van der Waals surface area contributed by atoms with E-state index < -0.39 is 174 Å². The van der Waals surface area contributed by atoms with Crippen LogP contribution in [0.4, 0.5) is 5.69 Å². The van der Waals surface area contributed by atoms with Crippen molar-refractivity contribution < 1.29 is 79.2 Å². The van der Waals surface area contributed by atoms with Crippen LogP contribution in [0.25, 0.3) is 0 Å². The van der Waals surface area contributed by atoms with Crippen LogP contribution in [-0.2, 0) is 70.9 Å². The summed E-state index contributed by atoms with van der Waals surface area (Å²) in [6.45, 7) is 28.6. The van der Waals surface area contributed by atoms with Crippen LogP contribution < -0.4 is 20.7 Å². The van der Waals surface area contributed by atoms with Crippen LogP contribution in [0.1, 0.15) is 156 Å². The smallest absolute Gasteiger partial charge is 0.338 e. The molecule has 5 unspecified atom stereocenters. The Morgan fingerprint density at radius 2 is 1.06 bits per heavy atom. The zero-order valence-electron chi connectivity index (χ0n) is 64.7. The topological polar surface area (TPSA) is 230 Å². The first-order valence-electron chi connectivity index (χ1n) is 39.6. The van der Waals surface area contributed by atoms with Gasteiger partial charge in [0.25, 0.3) is 22.3 Å². The molecule has 0 radical (unpaired) electrons. The number of ether oxygens (including phenoxy) is 9. The average molecular weight is 1560 g/mol. The van der Waals surface area contributed by atoms with Crippen molar-refractivity contribution in [3.8, 4) is 0 Å². The van der Waals surface area contributed by atoms with Gasteiger partial charge in [0.05, 0.1) is 88.9 Å². The van der Waals surface area contributed by atoms with E-state index >= 15 is 18.0 Å².